The van der Waals surface area contributed by atoms with Crippen LogP contribution in [0.4, 0.5) is 0 Å². The second-order valence-corrected chi connectivity index (χ2v) is 4.49. The number of piperazine rings is 1. The summed E-state index contributed by atoms with van der Waals surface area (Å²) in [4.78, 5) is 7.11. The molecule has 1 aliphatic rings. The zero-order valence-corrected chi connectivity index (χ0v) is 9.74. The second kappa shape index (κ2) is 5.66. The Kier molecular flexibility index (Phi) is 4.81. The van der Waals surface area contributed by atoms with Crippen molar-refractivity contribution in [2.75, 3.05) is 60.4 Å². The topological polar surface area (TPSA) is 35.7 Å². The highest BCUT2D eigenvalue weighted by atomic mass is 15.3. The molecule has 0 bridgehead atoms. The van der Waals surface area contributed by atoms with Gasteiger partial charge in [-0.1, -0.05) is 0 Å². The fourth-order valence-corrected chi connectivity index (χ4v) is 1.89. The smallest absolute Gasteiger partial charge is 0.0346 e. The molecule has 1 unspecified atom stereocenters. The van der Waals surface area contributed by atoms with Crippen LogP contribution >= 0.6 is 0 Å². The summed E-state index contributed by atoms with van der Waals surface area (Å²) in [5, 5.41) is 0. The highest BCUT2D eigenvalue weighted by molar-refractivity contribution is 4.81. The monoisotopic (exact) mass is 200 g/mol. The maximum atomic E-state index is 5.78. The lowest BCUT2D eigenvalue weighted by atomic mass is 10.1. The molecule has 0 spiro atoms. The van der Waals surface area contributed by atoms with Crippen LogP contribution in [0.1, 0.15) is 0 Å². The molecule has 0 aromatic carbocycles. The maximum absolute atomic E-state index is 5.78. The lowest BCUT2D eigenvalue weighted by molar-refractivity contribution is 0.0882. The van der Waals surface area contributed by atoms with Crippen molar-refractivity contribution in [1.29, 1.82) is 0 Å². The van der Waals surface area contributed by atoms with Crippen molar-refractivity contribution in [3.05, 3.63) is 0 Å². The average Bonchev–Trinajstić information content (AvgIpc) is 2.15. The molecule has 84 valence electrons. The lowest BCUT2D eigenvalue weighted by Gasteiger charge is -2.39. The van der Waals surface area contributed by atoms with E-state index in [2.05, 4.69) is 35.8 Å². The predicted molar refractivity (Wildman–Crippen MR) is 60.5 cm³/mol. The fraction of sp³-hybridized carbons (Fsp3) is 1.00. The highest BCUT2D eigenvalue weighted by Gasteiger charge is 2.23. The number of likely N-dealkylation sites (N-methyl/N-ethyl adjacent to an activating group) is 2. The molecule has 4 heteroatoms. The van der Waals surface area contributed by atoms with Crippen molar-refractivity contribution < 1.29 is 0 Å². The van der Waals surface area contributed by atoms with Crippen LogP contribution in [0.15, 0.2) is 0 Å². The number of nitrogens with zero attached hydrogens (tertiary/aromatic N) is 3. The van der Waals surface area contributed by atoms with E-state index < -0.39 is 0 Å². The lowest BCUT2D eigenvalue weighted by Crippen LogP contribution is -2.55. The predicted octanol–water partition coefficient (Wildman–Crippen LogP) is -0.877. The molecule has 0 radical (unpaired) electrons. The van der Waals surface area contributed by atoms with Crippen LogP contribution < -0.4 is 5.73 Å². The van der Waals surface area contributed by atoms with Crippen LogP contribution in [0.25, 0.3) is 0 Å². The minimum Gasteiger partial charge on any atom is -0.329 e. The van der Waals surface area contributed by atoms with Crippen LogP contribution in [-0.2, 0) is 0 Å². The Bertz CT molecular complexity index is 160. The number of hydrogen-bond acceptors (Lipinski definition) is 4. The third-order valence-corrected chi connectivity index (χ3v) is 2.91. The normalized spacial score (nSPS) is 25.9. The van der Waals surface area contributed by atoms with Crippen molar-refractivity contribution in [2.45, 2.75) is 6.04 Å². The molecule has 1 aliphatic heterocycles. The molecule has 0 aromatic heterocycles. The molecule has 1 fully saturated rings. The third-order valence-electron chi connectivity index (χ3n) is 2.91. The maximum Gasteiger partial charge on any atom is 0.0346 e. The Hall–Kier alpha value is -0.160. The first kappa shape index (κ1) is 11.9. The Morgan fingerprint density at radius 1 is 1.36 bits per heavy atom. The summed E-state index contributed by atoms with van der Waals surface area (Å²) in [5.41, 5.74) is 5.78. The molecular weight excluding hydrogens is 176 g/mol. The van der Waals surface area contributed by atoms with E-state index in [9.17, 15) is 0 Å². The number of nitrogens with two attached hydrogens (primary N) is 1. The van der Waals surface area contributed by atoms with Crippen molar-refractivity contribution in [3.63, 3.8) is 0 Å². The summed E-state index contributed by atoms with van der Waals surface area (Å²) in [5.74, 6) is 0. The van der Waals surface area contributed by atoms with Crippen LogP contribution in [0, 0.1) is 0 Å². The zero-order valence-electron chi connectivity index (χ0n) is 9.74. The first-order chi connectivity index (χ1) is 6.63. The Morgan fingerprint density at radius 2 is 2.07 bits per heavy atom. The fourth-order valence-electron chi connectivity index (χ4n) is 1.89. The van der Waals surface area contributed by atoms with Crippen molar-refractivity contribution >= 4 is 0 Å². The van der Waals surface area contributed by atoms with Gasteiger partial charge in [0.25, 0.3) is 0 Å². The van der Waals surface area contributed by atoms with Crippen LogP contribution in [0.3, 0.4) is 0 Å². The zero-order chi connectivity index (χ0) is 10.6. The van der Waals surface area contributed by atoms with Gasteiger partial charge in [-0.3, -0.25) is 4.90 Å². The minimum atomic E-state index is 0.550. The van der Waals surface area contributed by atoms with Gasteiger partial charge in [-0.25, -0.2) is 0 Å². The molecular formula is C10H24N4. The van der Waals surface area contributed by atoms with Gasteiger partial charge in [-0.05, 0) is 21.1 Å². The second-order valence-electron chi connectivity index (χ2n) is 4.49. The van der Waals surface area contributed by atoms with Crippen LogP contribution in [0.5, 0.6) is 0 Å². The Morgan fingerprint density at radius 3 is 2.64 bits per heavy atom. The van der Waals surface area contributed by atoms with Gasteiger partial charge in [0.05, 0.1) is 0 Å². The molecule has 4 nitrogen and oxygen atoms in total. The van der Waals surface area contributed by atoms with E-state index in [-0.39, 0.29) is 0 Å². The molecule has 1 saturated heterocycles. The first-order valence-corrected chi connectivity index (χ1v) is 5.41. The minimum absolute atomic E-state index is 0.550. The SMILES string of the molecule is CN(C)CCN1CCN(C)CC1CN. The molecule has 1 rings (SSSR count). The van der Waals surface area contributed by atoms with E-state index in [1.54, 1.807) is 0 Å². The van der Waals surface area contributed by atoms with Crippen LogP contribution in [-0.4, -0.2) is 81.2 Å². The van der Waals surface area contributed by atoms with Gasteiger partial charge in [0, 0.05) is 45.3 Å². The standard InChI is InChI=1S/C10H24N4/c1-12(2)4-6-14-7-5-13(3)9-10(14)8-11/h10H,4-9,11H2,1-3H3. The van der Waals surface area contributed by atoms with Crippen LogP contribution in [0.2, 0.25) is 0 Å². The molecule has 0 amide bonds. The van der Waals surface area contributed by atoms with Gasteiger partial charge in [0.1, 0.15) is 0 Å². The number of hydrogen-bond donors (Lipinski definition) is 1. The first-order valence-electron chi connectivity index (χ1n) is 5.41. The summed E-state index contributed by atoms with van der Waals surface area (Å²) >= 11 is 0. The average molecular weight is 200 g/mol. The van der Waals surface area contributed by atoms with Gasteiger partial charge in [-0.2, -0.15) is 0 Å². The van der Waals surface area contributed by atoms with Gasteiger partial charge in [0.15, 0.2) is 0 Å². The summed E-state index contributed by atoms with van der Waals surface area (Å²) in [6, 6.07) is 0.550. The van der Waals surface area contributed by atoms with E-state index in [4.69, 9.17) is 5.73 Å². The van der Waals surface area contributed by atoms with Crippen molar-refractivity contribution in [3.8, 4) is 0 Å². The summed E-state index contributed by atoms with van der Waals surface area (Å²) in [6.07, 6.45) is 0. The largest absolute Gasteiger partial charge is 0.329 e. The Labute approximate surface area is 87.6 Å². The van der Waals surface area contributed by atoms with Crippen molar-refractivity contribution in [1.82, 2.24) is 14.7 Å². The third kappa shape index (κ3) is 3.53. The van der Waals surface area contributed by atoms with Gasteiger partial charge >= 0.3 is 0 Å². The quantitative estimate of drug-likeness (QED) is 0.639. The van der Waals surface area contributed by atoms with Gasteiger partial charge < -0.3 is 15.5 Å². The van der Waals surface area contributed by atoms with E-state index in [0.717, 1.165) is 32.7 Å². The molecule has 0 aromatic rings. The summed E-state index contributed by atoms with van der Waals surface area (Å²) in [7, 11) is 6.41. The molecule has 0 saturated carbocycles. The van der Waals surface area contributed by atoms with E-state index in [1.807, 2.05) is 0 Å². The number of rotatable bonds is 4. The summed E-state index contributed by atoms with van der Waals surface area (Å²) in [6.45, 7) is 6.49. The van der Waals surface area contributed by atoms with E-state index in [0.29, 0.717) is 6.04 Å². The Balaban J connectivity index is 2.34. The van der Waals surface area contributed by atoms with E-state index in [1.165, 1.54) is 6.54 Å². The molecule has 1 atom stereocenters. The molecule has 1 heterocycles. The van der Waals surface area contributed by atoms with Gasteiger partial charge in [-0.15, -0.1) is 0 Å². The van der Waals surface area contributed by atoms with E-state index >= 15 is 0 Å². The summed E-state index contributed by atoms with van der Waals surface area (Å²) < 4.78 is 0. The molecule has 2 N–H and O–H groups in total. The van der Waals surface area contributed by atoms with Gasteiger partial charge in [0.2, 0.25) is 0 Å². The highest BCUT2D eigenvalue weighted by Crippen LogP contribution is 2.06. The molecule has 0 aliphatic carbocycles. The molecule has 14 heavy (non-hydrogen) atoms. The van der Waals surface area contributed by atoms with Crippen molar-refractivity contribution in [2.24, 2.45) is 5.73 Å².